The van der Waals surface area contributed by atoms with Crippen molar-refractivity contribution >= 4 is 7.52 Å². The van der Waals surface area contributed by atoms with Crippen molar-refractivity contribution < 1.29 is 43.8 Å². The zero-order chi connectivity index (χ0) is 42.5. The molecule has 0 amide bonds. The van der Waals surface area contributed by atoms with E-state index in [-0.39, 0.29) is 62.7 Å². The predicted octanol–water partition coefficient (Wildman–Crippen LogP) is 9.27. The molecule has 6 aliphatic carbocycles. The number of rotatable bonds is 6. The van der Waals surface area contributed by atoms with E-state index in [1.54, 1.807) is 3.33 Å². The van der Waals surface area contributed by atoms with Crippen molar-refractivity contribution in [2.75, 3.05) is 0 Å². The summed E-state index contributed by atoms with van der Waals surface area (Å²) in [6.07, 6.45) is 36.2. The predicted molar refractivity (Wildman–Crippen MR) is 259 cm³/mol. The first kappa shape index (κ1) is 45.6. The Morgan fingerprint density at radius 2 is 0.937 bits per heavy atom. The first-order valence-electron chi connectivity index (χ1n) is 22.7. The van der Waals surface area contributed by atoms with Crippen LogP contribution in [0.1, 0.15) is 72.9 Å². The monoisotopic (exact) mass is 1030 g/mol. The third-order valence-corrected chi connectivity index (χ3v) is 37.4. The summed E-state index contributed by atoms with van der Waals surface area (Å²) in [5, 5.41) is 0. The molecular weight excluding hydrogens is 970 g/mol. The van der Waals surface area contributed by atoms with Crippen LogP contribution in [0.15, 0.2) is 203 Å². The fourth-order valence-corrected chi connectivity index (χ4v) is 37.3. The molecule has 3 heteroatoms. The molecule has 0 spiro atoms. The van der Waals surface area contributed by atoms with Crippen LogP contribution in [0.4, 0.5) is 0 Å². The zero-order valence-electron chi connectivity index (χ0n) is 38.2. The Morgan fingerprint density at radius 1 is 0.492 bits per heavy atom. The van der Waals surface area contributed by atoms with Crippen molar-refractivity contribution in [3.63, 3.8) is 0 Å². The number of fused-ring (bicyclic) bond motifs is 8. The SMILES string of the molecule is CC1=CC=CC2[CH]([Hf+2](=[CH]c3ccc(-c4ccccc4)cc3)(=[CH]c3ccc(-c4ccccc4)cc3)[C]3=CC=CC3)C3(C)C4(C)C=CC=CC4(C)C4(C)C=CC=CC4(C)C3(C)C12C.[Cl-].[Cl-]. The molecule has 63 heavy (non-hydrogen) atoms. The second-order valence-electron chi connectivity index (χ2n) is 20.5. The Bertz CT molecular complexity index is 2710. The van der Waals surface area contributed by atoms with Crippen LogP contribution in [-0.4, -0.2) is 7.52 Å². The molecule has 0 nitrogen and oxygen atoms in total. The molecular formula is C60H62Cl2Hf. The van der Waals surface area contributed by atoms with Crippen LogP contribution < -0.4 is 24.8 Å². The fourth-order valence-electron chi connectivity index (χ4n) is 15.3. The summed E-state index contributed by atoms with van der Waals surface area (Å²) in [5.41, 5.74) is 8.17. The summed E-state index contributed by atoms with van der Waals surface area (Å²) in [6, 6.07) is 40.9. The van der Waals surface area contributed by atoms with Crippen LogP contribution in [0.25, 0.3) is 22.3 Å². The van der Waals surface area contributed by atoms with E-state index in [2.05, 4.69) is 257 Å². The first-order chi connectivity index (χ1) is 29.2. The molecule has 0 bridgehead atoms. The van der Waals surface area contributed by atoms with Gasteiger partial charge in [-0.25, -0.2) is 0 Å². The van der Waals surface area contributed by atoms with Gasteiger partial charge in [-0.2, -0.15) is 0 Å². The maximum absolute atomic E-state index is 4.38. The van der Waals surface area contributed by atoms with E-state index >= 15 is 0 Å². The van der Waals surface area contributed by atoms with Crippen LogP contribution in [0.2, 0.25) is 3.67 Å². The summed E-state index contributed by atoms with van der Waals surface area (Å²) in [7, 11) is 0. The number of benzene rings is 4. The van der Waals surface area contributed by atoms with Crippen LogP contribution in [0, 0.1) is 43.8 Å². The van der Waals surface area contributed by atoms with Gasteiger partial charge in [0, 0.05) is 0 Å². The van der Waals surface area contributed by atoms with Gasteiger partial charge in [-0.15, -0.1) is 0 Å². The molecule has 2 fully saturated rings. The number of halogens is 2. The quantitative estimate of drug-likeness (QED) is 0.169. The second-order valence-corrected chi connectivity index (χ2v) is 33.9. The topological polar surface area (TPSA) is 0 Å². The second kappa shape index (κ2) is 15.9. The van der Waals surface area contributed by atoms with Crippen molar-refractivity contribution in [3.8, 4) is 22.3 Å². The van der Waals surface area contributed by atoms with Crippen LogP contribution in [0.5, 0.6) is 0 Å². The van der Waals surface area contributed by atoms with Gasteiger partial charge in [0.1, 0.15) is 0 Å². The Kier molecular flexibility index (Phi) is 11.5. The van der Waals surface area contributed by atoms with Gasteiger partial charge in [-0.3, -0.25) is 0 Å². The third kappa shape index (κ3) is 5.74. The minimum absolute atomic E-state index is 0. The van der Waals surface area contributed by atoms with Gasteiger partial charge in [-0.05, 0) is 0 Å². The molecule has 6 aliphatic rings. The normalized spacial score (nSPS) is 34.7. The van der Waals surface area contributed by atoms with Gasteiger partial charge < -0.3 is 24.8 Å². The average molecular weight is 1030 g/mol. The van der Waals surface area contributed by atoms with E-state index in [1.165, 1.54) is 39.0 Å². The number of hydrogen-bond donors (Lipinski definition) is 0. The summed E-state index contributed by atoms with van der Waals surface area (Å²) >= 11 is -4.38. The van der Waals surface area contributed by atoms with E-state index < -0.39 is 19.0 Å². The van der Waals surface area contributed by atoms with Gasteiger partial charge in [-0.1, -0.05) is 0 Å². The van der Waals surface area contributed by atoms with Gasteiger partial charge in [0.15, 0.2) is 0 Å². The van der Waals surface area contributed by atoms with Gasteiger partial charge in [0.05, 0.1) is 0 Å². The molecule has 2 saturated carbocycles. The maximum atomic E-state index is 2.94. The minimum atomic E-state index is -4.38. The molecule has 0 heterocycles. The van der Waals surface area contributed by atoms with Crippen LogP contribution in [-0.2, 0) is 19.0 Å². The molecule has 0 saturated heterocycles. The molecule has 0 N–H and O–H groups in total. The molecule has 320 valence electrons. The van der Waals surface area contributed by atoms with Crippen molar-refractivity contribution in [2.24, 2.45) is 43.8 Å². The molecule has 9 atom stereocenters. The molecule has 4 aromatic rings. The largest absolute Gasteiger partial charge is 1.00 e. The summed E-state index contributed by atoms with van der Waals surface area (Å²) < 4.78 is 7.95. The zero-order valence-corrected chi connectivity index (χ0v) is 43.4. The Hall–Kier alpha value is -4.01. The molecule has 10 rings (SSSR count). The van der Waals surface area contributed by atoms with Gasteiger partial charge in [0.25, 0.3) is 0 Å². The molecule has 0 aromatic heterocycles. The molecule has 0 aliphatic heterocycles. The van der Waals surface area contributed by atoms with Crippen molar-refractivity contribution in [1.29, 1.82) is 0 Å². The summed E-state index contributed by atoms with van der Waals surface area (Å²) in [6.45, 7) is 21.4. The average Bonchev–Trinajstić information content (AvgIpc) is 3.89. The number of hydrogen-bond acceptors (Lipinski definition) is 0. The first-order valence-corrected chi connectivity index (χ1v) is 30.7. The van der Waals surface area contributed by atoms with E-state index in [0.29, 0.717) is 9.59 Å². The van der Waals surface area contributed by atoms with E-state index in [1.807, 2.05) is 0 Å². The van der Waals surface area contributed by atoms with E-state index in [4.69, 9.17) is 0 Å². The Labute approximate surface area is 394 Å². The fraction of sp³-hybridized carbons (Fsp3) is 0.300. The number of allylic oxidation sites excluding steroid dienone is 16. The van der Waals surface area contributed by atoms with Crippen molar-refractivity contribution in [2.45, 2.75) is 65.5 Å². The van der Waals surface area contributed by atoms with Crippen molar-refractivity contribution in [3.05, 3.63) is 214 Å². The van der Waals surface area contributed by atoms with Crippen molar-refractivity contribution in [1.82, 2.24) is 0 Å². The summed E-state index contributed by atoms with van der Waals surface area (Å²) in [5.74, 6) is 0.328. The Morgan fingerprint density at radius 3 is 1.41 bits per heavy atom. The van der Waals surface area contributed by atoms with Gasteiger partial charge >= 0.3 is 372 Å². The van der Waals surface area contributed by atoms with E-state index in [0.717, 1.165) is 6.42 Å². The smallest absolute Gasteiger partial charge is 1.00 e. The maximum Gasteiger partial charge on any atom is -1.00 e. The van der Waals surface area contributed by atoms with E-state index in [9.17, 15) is 0 Å². The standard InChI is InChI=1S/C29H37.2C13H10.C5H5.2ClH.Hf/c1-21-14-13-15-22-20-27(6)25(4)18-10-9-16-23(25,2)24(3)17-11-12-19-26(24,5)29(27,8)28(21,22)7;2*1-11-7-9-13(10-8-11)12-5-3-2-4-6-12;1-2-4-5-3-1;;;/h9-20,22H,1-8H3;2*1-10H;1-3H,4H2;2*1H;/q;;;;;;+2/p-2. The van der Waals surface area contributed by atoms with Gasteiger partial charge in [0.2, 0.25) is 0 Å². The third-order valence-electron chi connectivity index (χ3n) is 19.2. The Balaban J connectivity index is 0.00000272. The molecule has 9 unspecified atom stereocenters. The van der Waals surface area contributed by atoms with Crippen LogP contribution >= 0.6 is 0 Å². The van der Waals surface area contributed by atoms with Crippen LogP contribution in [0.3, 0.4) is 0 Å². The minimum Gasteiger partial charge on any atom is -1.00 e. The molecule has 4 aromatic carbocycles. The summed E-state index contributed by atoms with van der Waals surface area (Å²) in [4.78, 5) is 0. The molecule has 0 radical (unpaired) electrons.